The van der Waals surface area contributed by atoms with Crippen LogP contribution in [0.25, 0.3) is 0 Å². The Bertz CT molecular complexity index is 903. The van der Waals surface area contributed by atoms with Crippen LogP contribution in [0.5, 0.6) is 0 Å². The molecule has 0 saturated carbocycles. The standard InChI is InChI=1S/C20H19ClF3N3O2/c1-12(13-6-8-14(21)9-7-13)25-11-19(29)27-16-5-3-2-4-15(16)26-18(28)10-17(27)20(22,23)24/h2-9,12,17,25H,10-11H2,1H3,(H,26,28). The number of carbonyl (C=O) groups excluding carboxylic acids is 2. The summed E-state index contributed by atoms with van der Waals surface area (Å²) < 4.78 is 41.1. The first-order valence-corrected chi connectivity index (χ1v) is 9.31. The molecule has 5 nitrogen and oxygen atoms in total. The highest BCUT2D eigenvalue weighted by atomic mass is 35.5. The van der Waals surface area contributed by atoms with E-state index in [2.05, 4.69) is 10.6 Å². The van der Waals surface area contributed by atoms with Gasteiger partial charge in [-0.25, -0.2) is 0 Å². The van der Waals surface area contributed by atoms with Gasteiger partial charge in [-0.1, -0.05) is 35.9 Å². The summed E-state index contributed by atoms with van der Waals surface area (Å²) in [7, 11) is 0. The van der Waals surface area contributed by atoms with Crippen LogP contribution in [0.15, 0.2) is 48.5 Å². The number of hydrogen-bond acceptors (Lipinski definition) is 3. The van der Waals surface area contributed by atoms with Crippen LogP contribution in [-0.2, 0) is 9.59 Å². The Balaban J connectivity index is 1.85. The zero-order valence-electron chi connectivity index (χ0n) is 15.5. The van der Waals surface area contributed by atoms with E-state index >= 15 is 0 Å². The van der Waals surface area contributed by atoms with Gasteiger partial charge in [-0.15, -0.1) is 0 Å². The summed E-state index contributed by atoms with van der Waals surface area (Å²) in [6.45, 7) is 1.46. The van der Waals surface area contributed by atoms with Gasteiger partial charge >= 0.3 is 6.18 Å². The van der Waals surface area contributed by atoms with Crippen LogP contribution in [0.4, 0.5) is 24.5 Å². The second-order valence-electron chi connectivity index (χ2n) is 6.74. The predicted molar refractivity (Wildman–Crippen MR) is 105 cm³/mol. The second-order valence-corrected chi connectivity index (χ2v) is 7.18. The summed E-state index contributed by atoms with van der Waals surface area (Å²) in [5.41, 5.74) is 1.03. The fourth-order valence-corrected chi connectivity index (χ4v) is 3.32. The lowest BCUT2D eigenvalue weighted by molar-refractivity contribution is -0.157. The van der Waals surface area contributed by atoms with Gasteiger partial charge < -0.3 is 10.6 Å². The second kappa shape index (κ2) is 8.42. The van der Waals surface area contributed by atoms with E-state index < -0.39 is 30.5 Å². The van der Waals surface area contributed by atoms with Crippen molar-refractivity contribution in [2.24, 2.45) is 0 Å². The molecule has 0 fully saturated rings. The van der Waals surface area contributed by atoms with Crippen molar-refractivity contribution in [2.75, 3.05) is 16.8 Å². The predicted octanol–water partition coefficient (Wildman–Crippen LogP) is 4.30. The lowest BCUT2D eigenvalue weighted by Crippen LogP contribution is -2.52. The van der Waals surface area contributed by atoms with Crippen molar-refractivity contribution in [2.45, 2.75) is 31.6 Å². The summed E-state index contributed by atoms with van der Waals surface area (Å²) in [4.78, 5) is 25.5. The number of alkyl halides is 3. The van der Waals surface area contributed by atoms with Crippen molar-refractivity contribution in [1.82, 2.24) is 5.32 Å². The van der Waals surface area contributed by atoms with E-state index in [-0.39, 0.29) is 24.0 Å². The van der Waals surface area contributed by atoms with E-state index in [1.165, 1.54) is 18.2 Å². The minimum absolute atomic E-state index is 0.0200. The van der Waals surface area contributed by atoms with Crippen molar-refractivity contribution in [1.29, 1.82) is 0 Å². The van der Waals surface area contributed by atoms with E-state index in [9.17, 15) is 22.8 Å². The molecule has 9 heteroatoms. The van der Waals surface area contributed by atoms with Crippen LogP contribution < -0.4 is 15.5 Å². The molecular formula is C20H19ClF3N3O2. The number of fused-ring (bicyclic) bond motifs is 1. The molecule has 2 N–H and O–H groups in total. The maximum Gasteiger partial charge on any atom is 0.409 e. The number of rotatable bonds is 4. The molecule has 1 aliphatic rings. The summed E-state index contributed by atoms with van der Waals surface area (Å²) >= 11 is 5.86. The number of nitrogens with one attached hydrogen (secondary N) is 2. The van der Waals surface area contributed by atoms with Crippen LogP contribution in [0.3, 0.4) is 0 Å². The fraction of sp³-hybridized carbons (Fsp3) is 0.300. The molecule has 154 valence electrons. The number of amides is 2. The van der Waals surface area contributed by atoms with Gasteiger partial charge in [0.25, 0.3) is 0 Å². The first kappa shape index (κ1) is 21.1. The molecule has 2 atom stereocenters. The van der Waals surface area contributed by atoms with Crippen LogP contribution in [-0.4, -0.2) is 30.6 Å². The summed E-state index contributed by atoms with van der Waals surface area (Å²) in [6.07, 6.45) is -5.62. The zero-order valence-corrected chi connectivity index (χ0v) is 16.2. The molecule has 0 aromatic heterocycles. The van der Waals surface area contributed by atoms with Gasteiger partial charge in [0.2, 0.25) is 11.8 Å². The number of anilines is 2. The molecule has 1 aliphatic heterocycles. The largest absolute Gasteiger partial charge is 0.409 e. The van der Waals surface area contributed by atoms with Gasteiger partial charge in [0.15, 0.2) is 0 Å². The van der Waals surface area contributed by atoms with Crippen LogP contribution in [0, 0.1) is 0 Å². The van der Waals surface area contributed by atoms with Gasteiger partial charge in [0.05, 0.1) is 24.3 Å². The Morgan fingerprint density at radius 2 is 1.90 bits per heavy atom. The van der Waals surface area contributed by atoms with Crippen LogP contribution in [0.1, 0.15) is 24.9 Å². The van der Waals surface area contributed by atoms with E-state index in [1.54, 1.807) is 37.3 Å². The van der Waals surface area contributed by atoms with E-state index in [4.69, 9.17) is 11.6 Å². The molecular weight excluding hydrogens is 407 g/mol. The van der Waals surface area contributed by atoms with Gasteiger partial charge in [0, 0.05) is 11.1 Å². The molecule has 2 amide bonds. The quantitative estimate of drug-likeness (QED) is 0.768. The maximum atomic E-state index is 13.7. The third-order valence-corrected chi connectivity index (χ3v) is 4.96. The van der Waals surface area contributed by atoms with Crippen molar-refractivity contribution in [3.05, 3.63) is 59.1 Å². The molecule has 1 heterocycles. The highest BCUT2D eigenvalue weighted by Gasteiger charge is 2.48. The number of hydrogen-bond donors (Lipinski definition) is 2. The maximum absolute atomic E-state index is 13.7. The Morgan fingerprint density at radius 3 is 2.55 bits per heavy atom. The van der Waals surface area contributed by atoms with Gasteiger partial charge in [-0.3, -0.25) is 14.5 Å². The number of para-hydroxylation sites is 2. The first-order chi connectivity index (χ1) is 13.7. The van der Waals surface area contributed by atoms with Crippen molar-refractivity contribution >= 4 is 34.8 Å². The molecule has 2 unspecified atom stereocenters. The Kier molecular flexibility index (Phi) is 6.14. The molecule has 0 radical (unpaired) electrons. The van der Waals surface area contributed by atoms with E-state index in [0.29, 0.717) is 9.92 Å². The van der Waals surface area contributed by atoms with Crippen molar-refractivity contribution < 1.29 is 22.8 Å². The van der Waals surface area contributed by atoms with Crippen molar-refractivity contribution in [3.63, 3.8) is 0 Å². The molecule has 0 bridgehead atoms. The summed E-state index contributed by atoms with van der Waals surface area (Å²) in [6, 6.07) is 10.4. The molecule has 2 aromatic carbocycles. The van der Waals surface area contributed by atoms with Crippen molar-refractivity contribution in [3.8, 4) is 0 Å². The monoisotopic (exact) mass is 425 g/mol. The minimum Gasteiger partial charge on any atom is -0.324 e. The number of carbonyl (C=O) groups is 2. The van der Waals surface area contributed by atoms with Gasteiger partial charge in [0.1, 0.15) is 6.04 Å². The minimum atomic E-state index is -4.76. The topological polar surface area (TPSA) is 61.4 Å². The lowest BCUT2D eigenvalue weighted by Gasteiger charge is -2.32. The number of benzene rings is 2. The van der Waals surface area contributed by atoms with Crippen LogP contribution >= 0.6 is 11.6 Å². The Hall–Kier alpha value is -2.58. The average Bonchev–Trinajstić information content (AvgIpc) is 2.82. The van der Waals surface area contributed by atoms with Crippen LogP contribution in [0.2, 0.25) is 5.02 Å². The molecule has 29 heavy (non-hydrogen) atoms. The third-order valence-electron chi connectivity index (χ3n) is 4.70. The third kappa shape index (κ3) is 4.89. The number of nitrogens with zero attached hydrogens (tertiary/aromatic N) is 1. The zero-order chi connectivity index (χ0) is 21.2. The first-order valence-electron chi connectivity index (χ1n) is 8.93. The SMILES string of the molecule is CC(NCC(=O)N1c2ccccc2NC(=O)CC1C(F)(F)F)c1ccc(Cl)cc1. The summed E-state index contributed by atoms with van der Waals surface area (Å²) in [5.74, 6) is -1.57. The normalized spacial score (nSPS) is 17.9. The highest BCUT2D eigenvalue weighted by Crippen LogP contribution is 2.37. The average molecular weight is 426 g/mol. The highest BCUT2D eigenvalue weighted by molar-refractivity contribution is 6.30. The Labute approximate surface area is 170 Å². The molecule has 0 spiro atoms. The van der Waals surface area contributed by atoms with Gasteiger partial charge in [-0.05, 0) is 36.8 Å². The summed E-state index contributed by atoms with van der Waals surface area (Å²) in [5, 5.41) is 5.94. The van der Waals surface area contributed by atoms with E-state index in [1.807, 2.05) is 0 Å². The lowest BCUT2D eigenvalue weighted by atomic mass is 10.1. The molecule has 3 rings (SSSR count). The fourth-order valence-electron chi connectivity index (χ4n) is 3.19. The van der Waals surface area contributed by atoms with Gasteiger partial charge in [-0.2, -0.15) is 13.2 Å². The van der Waals surface area contributed by atoms with E-state index in [0.717, 1.165) is 5.56 Å². The Morgan fingerprint density at radius 1 is 1.24 bits per heavy atom. The molecule has 0 saturated heterocycles. The molecule has 0 aliphatic carbocycles. The smallest absolute Gasteiger partial charge is 0.324 e. The molecule has 2 aromatic rings. The number of halogens is 4.